The SMILES string of the molecule is Cc1nc(-c2ccc(CCNC(=O)C3CCCCC3)cc2)cs1. The number of nitrogens with one attached hydrogen (secondary N) is 1. The first kappa shape index (κ1) is 16.2. The first-order valence-electron chi connectivity index (χ1n) is 8.51. The Labute approximate surface area is 142 Å². The van der Waals surface area contributed by atoms with Crippen LogP contribution < -0.4 is 5.32 Å². The Morgan fingerprint density at radius 2 is 1.96 bits per heavy atom. The summed E-state index contributed by atoms with van der Waals surface area (Å²) >= 11 is 1.68. The zero-order valence-corrected chi connectivity index (χ0v) is 14.5. The van der Waals surface area contributed by atoms with E-state index in [9.17, 15) is 4.79 Å². The van der Waals surface area contributed by atoms with Gasteiger partial charge < -0.3 is 5.32 Å². The molecule has 0 aliphatic heterocycles. The quantitative estimate of drug-likeness (QED) is 0.886. The number of hydrogen-bond acceptors (Lipinski definition) is 3. The molecule has 0 unspecified atom stereocenters. The third kappa shape index (κ3) is 4.41. The largest absolute Gasteiger partial charge is 0.356 e. The number of carbonyl (C=O) groups excluding carboxylic acids is 1. The number of carbonyl (C=O) groups is 1. The molecule has 0 bridgehead atoms. The van der Waals surface area contributed by atoms with Gasteiger partial charge in [-0.05, 0) is 31.7 Å². The standard InChI is InChI=1S/C19H24N2OS/c1-14-21-18(13-23-14)16-9-7-15(8-10-16)11-12-20-19(22)17-5-3-2-4-6-17/h7-10,13,17H,2-6,11-12H2,1H3,(H,20,22). The number of aryl methyl sites for hydroxylation is 1. The van der Waals surface area contributed by atoms with Gasteiger partial charge in [0.2, 0.25) is 5.91 Å². The van der Waals surface area contributed by atoms with Crippen molar-refractivity contribution in [2.24, 2.45) is 5.92 Å². The molecule has 0 saturated heterocycles. The molecule has 1 amide bonds. The van der Waals surface area contributed by atoms with Crippen molar-refractivity contribution in [2.75, 3.05) is 6.54 Å². The monoisotopic (exact) mass is 328 g/mol. The average Bonchev–Trinajstić information content (AvgIpc) is 3.03. The van der Waals surface area contributed by atoms with Crippen LogP contribution >= 0.6 is 11.3 Å². The number of aromatic nitrogens is 1. The van der Waals surface area contributed by atoms with Gasteiger partial charge in [-0.25, -0.2) is 4.98 Å². The van der Waals surface area contributed by atoms with Gasteiger partial charge >= 0.3 is 0 Å². The van der Waals surface area contributed by atoms with Crippen LogP contribution in [0.25, 0.3) is 11.3 Å². The molecule has 1 aliphatic rings. The van der Waals surface area contributed by atoms with Gasteiger partial charge in [0.1, 0.15) is 0 Å². The predicted molar refractivity (Wildman–Crippen MR) is 95.6 cm³/mol. The van der Waals surface area contributed by atoms with Crippen LogP contribution in [0.15, 0.2) is 29.6 Å². The Hall–Kier alpha value is -1.68. The topological polar surface area (TPSA) is 42.0 Å². The highest BCUT2D eigenvalue weighted by molar-refractivity contribution is 7.09. The minimum atomic E-state index is 0.249. The van der Waals surface area contributed by atoms with Crippen molar-refractivity contribution >= 4 is 17.2 Å². The molecular formula is C19H24N2OS. The lowest BCUT2D eigenvalue weighted by molar-refractivity contribution is -0.125. The van der Waals surface area contributed by atoms with Crippen LogP contribution in [0, 0.1) is 12.8 Å². The molecule has 0 spiro atoms. The zero-order chi connectivity index (χ0) is 16.1. The number of amides is 1. The first-order chi connectivity index (χ1) is 11.2. The number of thiazole rings is 1. The molecule has 23 heavy (non-hydrogen) atoms. The van der Waals surface area contributed by atoms with E-state index in [2.05, 4.69) is 39.9 Å². The molecule has 0 radical (unpaired) electrons. The van der Waals surface area contributed by atoms with Crippen LogP contribution in [0.1, 0.15) is 42.7 Å². The van der Waals surface area contributed by atoms with Crippen LogP contribution in [-0.4, -0.2) is 17.4 Å². The average molecular weight is 328 g/mol. The summed E-state index contributed by atoms with van der Waals surface area (Å²) in [6, 6.07) is 8.51. The van der Waals surface area contributed by atoms with Crippen molar-refractivity contribution in [3.8, 4) is 11.3 Å². The Bertz CT molecular complexity index is 642. The molecule has 1 N–H and O–H groups in total. The number of rotatable bonds is 5. The van der Waals surface area contributed by atoms with Crippen LogP contribution in [0.5, 0.6) is 0 Å². The van der Waals surface area contributed by atoms with E-state index < -0.39 is 0 Å². The maximum Gasteiger partial charge on any atom is 0.223 e. The van der Waals surface area contributed by atoms with Crippen molar-refractivity contribution in [3.63, 3.8) is 0 Å². The Balaban J connectivity index is 1.48. The molecule has 1 aromatic heterocycles. The number of nitrogens with zero attached hydrogens (tertiary/aromatic N) is 1. The number of benzene rings is 1. The molecule has 122 valence electrons. The van der Waals surface area contributed by atoms with Crippen LogP contribution in [0.2, 0.25) is 0 Å². The zero-order valence-electron chi connectivity index (χ0n) is 13.7. The van der Waals surface area contributed by atoms with Crippen LogP contribution in [0.3, 0.4) is 0 Å². The Kier molecular flexibility index (Phi) is 5.44. The Morgan fingerprint density at radius 1 is 1.22 bits per heavy atom. The lowest BCUT2D eigenvalue weighted by Crippen LogP contribution is -2.33. The van der Waals surface area contributed by atoms with E-state index in [0.29, 0.717) is 0 Å². The third-order valence-corrected chi connectivity index (χ3v) is 5.33. The molecule has 1 aliphatic carbocycles. The highest BCUT2D eigenvalue weighted by Crippen LogP contribution is 2.24. The van der Waals surface area contributed by atoms with Crippen molar-refractivity contribution < 1.29 is 4.79 Å². The summed E-state index contributed by atoms with van der Waals surface area (Å²) in [5, 5.41) is 6.29. The van der Waals surface area contributed by atoms with Crippen LogP contribution in [0.4, 0.5) is 0 Å². The highest BCUT2D eigenvalue weighted by Gasteiger charge is 2.20. The van der Waals surface area contributed by atoms with Crippen molar-refractivity contribution in [1.82, 2.24) is 10.3 Å². The highest BCUT2D eigenvalue weighted by atomic mass is 32.1. The lowest BCUT2D eigenvalue weighted by atomic mass is 9.88. The fraction of sp³-hybridized carbons (Fsp3) is 0.474. The summed E-state index contributed by atoms with van der Waals surface area (Å²) in [6.07, 6.45) is 6.70. The molecule has 0 atom stereocenters. The number of hydrogen-bond donors (Lipinski definition) is 1. The van der Waals surface area contributed by atoms with E-state index in [1.807, 2.05) is 6.92 Å². The molecule has 1 heterocycles. The smallest absolute Gasteiger partial charge is 0.223 e. The summed E-state index contributed by atoms with van der Waals surface area (Å²) < 4.78 is 0. The maximum atomic E-state index is 12.1. The molecular weight excluding hydrogens is 304 g/mol. The molecule has 3 nitrogen and oxygen atoms in total. The van der Waals surface area contributed by atoms with E-state index >= 15 is 0 Å². The maximum absolute atomic E-state index is 12.1. The van der Waals surface area contributed by atoms with Crippen molar-refractivity contribution in [2.45, 2.75) is 45.4 Å². The van der Waals surface area contributed by atoms with Gasteiger partial charge in [-0.3, -0.25) is 4.79 Å². The fourth-order valence-corrected chi connectivity index (χ4v) is 3.80. The predicted octanol–water partition coefficient (Wildman–Crippen LogP) is 4.36. The second-order valence-electron chi connectivity index (χ2n) is 6.32. The van der Waals surface area contributed by atoms with Gasteiger partial charge in [-0.1, -0.05) is 43.5 Å². The van der Waals surface area contributed by atoms with E-state index in [1.54, 1.807) is 11.3 Å². The molecule has 2 aromatic rings. The van der Waals surface area contributed by atoms with E-state index in [-0.39, 0.29) is 11.8 Å². The second-order valence-corrected chi connectivity index (χ2v) is 7.39. The second kappa shape index (κ2) is 7.73. The molecule has 1 aromatic carbocycles. The summed E-state index contributed by atoms with van der Waals surface area (Å²) in [5.41, 5.74) is 3.46. The summed E-state index contributed by atoms with van der Waals surface area (Å²) in [7, 11) is 0. The van der Waals surface area contributed by atoms with Gasteiger partial charge in [-0.15, -0.1) is 11.3 Å². The van der Waals surface area contributed by atoms with Crippen molar-refractivity contribution in [1.29, 1.82) is 0 Å². The normalized spacial score (nSPS) is 15.5. The van der Waals surface area contributed by atoms with Crippen LogP contribution in [-0.2, 0) is 11.2 Å². The Morgan fingerprint density at radius 3 is 2.61 bits per heavy atom. The van der Waals surface area contributed by atoms with E-state index in [1.165, 1.54) is 24.8 Å². The fourth-order valence-electron chi connectivity index (χ4n) is 3.18. The summed E-state index contributed by atoms with van der Waals surface area (Å²) in [5.74, 6) is 0.498. The first-order valence-corrected chi connectivity index (χ1v) is 9.39. The van der Waals surface area contributed by atoms with Crippen molar-refractivity contribution in [3.05, 3.63) is 40.2 Å². The van der Waals surface area contributed by atoms with Gasteiger partial charge in [0.25, 0.3) is 0 Å². The molecule has 3 rings (SSSR count). The van der Waals surface area contributed by atoms with Gasteiger partial charge in [0.05, 0.1) is 10.7 Å². The molecule has 1 fully saturated rings. The van der Waals surface area contributed by atoms with Gasteiger partial charge in [0, 0.05) is 23.4 Å². The molecule has 1 saturated carbocycles. The minimum Gasteiger partial charge on any atom is -0.356 e. The van der Waals surface area contributed by atoms with Gasteiger partial charge in [-0.2, -0.15) is 0 Å². The van der Waals surface area contributed by atoms with E-state index in [0.717, 1.165) is 42.1 Å². The van der Waals surface area contributed by atoms with E-state index in [4.69, 9.17) is 0 Å². The lowest BCUT2D eigenvalue weighted by Gasteiger charge is -2.20. The summed E-state index contributed by atoms with van der Waals surface area (Å²) in [6.45, 7) is 2.75. The third-order valence-electron chi connectivity index (χ3n) is 4.56. The molecule has 4 heteroatoms. The minimum absolute atomic E-state index is 0.249. The van der Waals surface area contributed by atoms with Gasteiger partial charge in [0.15, 0.2) is 0 Å². The summed E-state index contributed by atoms with van der Waals surface area (Å²) in [4.78, 5) is 16.6.